The molecule has 0 saturated carbocycles. The number of methoxy groups -OCH3 is 1. The molecule has 45 heavy (non-hydrogen) atoms. The van der Waals surface area contributed by atoms with Gasteiger partial charge in [-0.1, -0.05) is 74.8 Å². The smallest absolute Gasteiger partial charge is 0.347 e. The zero-order valence-corrected chi connectivity index (χ0v) is 26.8. The number of esters is 2. The number of epoxide rings is 1. The molecule has 0 radical (unpaired) electrons. The van der Waals surface area contributed by atoms with Crippen molar-refractivity contribution in [3.05, 3.63) is 76.8 Å². The van der Waals surface area contributed by atoms with Crippen molar-refractivity contribution in [2.24, 2.45) is 11.8 Å². The van der Waals surface area contributed by atoms with E-state index in [1.807, 2.05) is 44.2 Å². The number of rotatable bonds is 8. The molecule has 6 atom stereocenters. The standard InChI is InChI=1S/C34H41ClN2O8/c1-20(2)15-29-34(41)43-24(18-28-31(44-28)23-9-6-5-7-10-23)11-8-12-30(38)37-26(32(39)36-19-21(3)33(40)45-29)17-22-13-14-27(42-4)25(35)16-22/h5-10,12-14,16,20-21,24,26,28-29,31H,11,15,17-19H2,1-4H3,(H,36,39)(H,37,38)/b12-8+/t21-,24+,26-,28-,29+,31-/m1/s1. The molecule has 0 spiro atoms. The lowest BCUT2D eigenvalue weighted by molar-refractivity contribution is -0.174. The summed E-state index contributed by atoms with van der Waals surface area (Å²) in [5.74, 6) is -2.51. The molecule has 1 fully saturated rings. The van der Waals surface area contributed by atoms with Crippen molar-refractivity contribution < 1.29 is 38.1 Å². The summed E-state index contributed by atoms with van der Waals surface area (Å²) in [6, 6.07) is 13.9. The lowest BCUT2D eigenvalue weighted by Crippen LogP contribution is -2.49. The van der Waals surface area contributed by atoms with Crippen LogP contribution in [-0.2, 0) is 39.8 Å². The summed E-state index contributed by atoms with van der Waals surface area (Å²) < 4.78 is 22.6. The molecule has 2 N–H and O–H groups in total. The van der Waals surface area contributed by atoms with E-state index in [0.29, 0.717) is 22.8 Å². The van der Waals surface area contributed by atoms with Gasteiger partial charge in [0, 0.05) is 25.8 Å². The van der Waals surface area contributed by atoms with E-state index in [4.69, 9.17) is 30.5 Å². The van der Waals surface area contributed by atoms with Crippen LogP contribution in [0, 0.1) is 11.8 Å². The molecule has 2 aliphatic rings. The van der Waals surface area contributed by atoms with Crippen molar-refractivity contribution in [1.82, 2.24) is 10.6 Å². The van der Waals surface area contributed by atoms with Crippen molar-refractivity contribution >= 4 is 35.4 Å². The first-order chi connectivity index (χ1) is 21.5. The molecule has 0 aliphatic carbocycles. The SMILES string of the molecule is COc1ccc(C[C@H]2NC(=O)/C=C/C[C@@H](C[C@H]3O[C@@H]3c3ccccc3)OC(=O)[C@H](CC(C)C)OC(=O)[C@H](C)CNC2=O)cc1Cl. The number of hydrogen-bond acceptors (Lipinski definition) is 8. The third-order valence-corrected chi connectivity index (χ3v) is 7.93. The largest absolute Gasteiger partial charge is 0.495 e. The Kier molecular flexibility index (Phi) is 12.0. The molecule has 0 unspecified atom stereocenters. The maximum atomic E-state index is 13.3. The molecule has 0 bridgehead atoms. The van der Waals surface area contributed by atoms with Gasteiger partial charge in [-0.25, -0.2) is 4.79 Å². The predicted octanol–water partition coefficient (Wildman–Crippen LogP) is 4.49. The van der Waals surface area contributed by atoms with Gasteiger partial charge in [0.2, 0.25) is 11.8 Å². The molecular weight excluding hydrogens is 600 g/mol. The molecule has 11 heteroatoms. The van der Waals surface area contributed by atoms with E-state index in [1.54, 1.807) is 31.2 Å². The van der Waals surface area contributed by atoms with Crippen molar-refractivity contribution in [2.45, 2.75) is 76.9 Å². The minimum Gasteiger partial charge on any atom is -0.495 e. The molecule has 242 valence electrons. The number of ether oxygens (including phenoxy) is 4. The van der Waals surface area contributed by atoms with Crippen molar-refractivity contribution in [1.29, 1.82) is 0 Å². The molecule has 1 saturated heterocycles. The van der Waals surface area contributed by atoms with E-state index in [9.17, 15) is 19.2 Å². The first-order valence-corrected chi connectivity index (χ1v) is 15.6. The highest BCUT2D eigenvalue weighted by atomic mass is 35.5. The lowest BCUT2D eigenvalue weighted by atomic mass is 10.0. The maximum absolute atomic E-state index is 13.3. The van der Waals surface area contributed by atoms with Crippen LogP contribution in [0.2, 0.25) is 5.02 Å². The van der Waals surface area contributed by atoms with Gasteiger partial charge in [-0.15, -0.1) is 0 Å². The fourth-order valence-corrected chi connectivity index (χ4v) is 5.40. The number of halogens is 1. The van der Waals surface area contributed by atoms with Crippen LogP contribution in [0.3, 0.4) is 0 Å². The number of hydrogen-bond donors (Lipinski definition) is 2. The zero-order valence-electron chi connectivity index (χ0n) is 26.0. The van der Waals surface area contributed by atoms with E-state index >= 15 is 0 Å². The average molecular weight is 641 g/mol. The highest BCUT2D eigenvalue weighted by Crippen LogP contribution is 2.42. The average Bonchev–Trinajstić information content (AvgIpc) is 3.77. The van der Waals surface area contributed by atoms with Gasteiger partial charge in [-0.3, -0.25) is 14.4 Å². The van der Waals surface area contributed by atoms with E-state index in [1.165, 1.54) is 13.2 Å². The molecule has 0 aromatic heterocycles. The minimum absolute atomic E-state index is 0.0411. The molecule has 4 rings (SSSR count). The van der Waals surface area contributed by atoms with Crippen LogP contribution in [0.1, 0.15) is 57.3 Å². The Morgan fingerprint density at radius 2 is 1.78 bits per heavy atom. The molecule has 2 aliphatic heterocycles. The zero-order chi connectivity index (χ0) is 32.5. The van der Waals surface area contributed by atoms with E-state index < -0.39 is 47.9 Å². The van der Waals surface area contributed by atoms with Gasteiger partial charge in [0.15, 0.2) is 6.10 Å². The minimum atomic E-state index is -1.11. The molecule has 10 nitrogen and oxygen atoms in total. The molecular formula is C34H41ClN2O8. The van der Waals surface area contributed by atoms with Gasteiger partial charge >= 0.3 is 11.9 Å². The molecule has 2 heterocycles. The van der Waals surface area contributed by atoms with Crippen LogP contribution >= 0.6 is 11.6 Å². The number of nitrogens with one attached hydrogen (secondary N) is 2. The van der Waals surface area contributed by atoms with Gasteiger partial charge in [-0.05, 0) is 41.7 Å². The Morgan fingerprint density at radius 3 is 2.47 bits per heavy atom. The summed E-state index contributed by atoms with van der Waals surface area (Å²) in [7, 11) is 1.50. The molecule has 2 aromatic rings. The Bertz CT molecular complexity index is 1380. The van der Waals surface area contributed by atoms with Gasteiger partial charge in [0.25, 0.3) is 0 Å². The fourth-order valence-electron chi connectivity index (χ4n) is 5.12. The third kappa shape index (κ3) is 10.1. The first kappa shape index (κ1) is 34.0. The summed E-state index contributed by atoms with van der Waals surface area (Å²) in [5, 5.41) is 5.84. The van der Waals surface area contributed by atoms with E-state index in [-0.39, 0.29) is 43.9 Å². The van der Waals surface area contributed by atoms with Gasteiger partial charge in [0.05, 0.1) is 24.2 Å². The Morgan fingerprint density at radius 1 is 1.02 bits per heavy atom. The van der Waals surface area contributed by atoms with Crippen LogP contribution in [-0.4, -0.2) is 61.8 Å². The number of cyclic esters (lactones) is 2. The monoisotopic (exact) mass is 640 g/mol. The van der Waals surface area contributed by atoms with Crippen LogP contribution in [0.5, 0.6) is 5.75 Å². The molecule has 2 aromatic carbocycles. The van der Waals surface area contributed by atoms with Crippen molar-refractivity contribution in [3.8, 4) is 5.75 Å². The first-order valence-electron chi connectivity index (χ1n) is 15.2. The highest BCUT2D eigenvalue weighted by Gasteiger charge is 2.42. The van der Waals surface area contributed by atoms with E-state index in [2.05, 4.69) is 10.6 Å². The summed E-state index contributed by atoms with van der Waals surface area (Å²) in [6.07, 6.45) is 1.90. The van der Waals surface area contributed by atoms with Crippen LogP contribution < -0.4 is 15.4 Å². The lowest BCUT2D eigenvalue weighted by Gasteiger charge is -2.24. The van der Waals surface area contributed by atoms with Gasteiger partial charge in [0.1, 0.15) is 24.0 Å². The second-order valence-corrected chi connectivity index (χ2v) is 12.3. The van der Waals surface area contributed by atoms with Crippen LogP contribution in [0.4, 0.5) is 0 Å². The fraction of sp³-hybridized carbons (Fsp3) is 0.471. The maximum Gasteiger partial charge on any atom is 0.347 e. The van der Waals surface area contributed by atoms with Crippen molar-refractivity contribution in [3.63, 3.8) is 0 Å². The number of benzene rings is 2. The summed E-state index contributed by atoms with van der Waals surface area (Å²) >= 11 is 6.29. The summed E-state index contributed by atoms with van der Waals surface area (Å²) in [5.41, 5.74) is 1.73. The van der Waals surface area contributed by atoms with Crippen LogP contribution in [0.15, 0.2) is 60.7 Å². The number of amides is 2. The van der Waals surface area contributed by atoms with E-state index in [0.717, 1.165) is 5.56 Å². The van der Waals surface area contributed by atoms with Gasteiger partial charge < -0.3 is 29.6 Å². The number of carbonyl (C=O) groups is 4. The Hall–Kier alpha value is -3.89. The third-order valence-electron chi connectivity index (χ3n) is 7.64. The normalized spacial score (nSPS) is 27.2. The van der Waals surface area contributed by atoms with Crippen molar-refractivity contribution in [2.75, 3.05) is 13.7 Å². The number of carbonyl (C=O) groups excluding carboxylic acids is 4. The second kappa shape index (κ2) is 15.9. The highest BCUT2D eigenvalue weighted by molar-refractivity contribution is 6.32. The quantitative estimate of drug-likeness (QED) is 0.319. The second-order valence-electron chi connectivity index (χ2n) is 11.9. The van der Waals surface area contributed by atoms with Gasteiger partial charge in [-0.2, -0.15) is 0 Å². The Labute approximate surface area is 268 Å². The molecule has 2 amide bonds. The summed E-state index contributed by atoms with van der Waals surface area (Å²) in [6.45, 7) is 5.37. The Balaban J connectivity index is 1.54. The topological polar surface area (TPSA) is 133 Å². The van der Waals surface area contributed by atoms with Crippen LogP contribution in [0.25, 0.3) is 0 Å². The summed E-state index contributed by atoms with van der Waals surface area (Å²) in [4.78, 5) is 52.6. The predicted molar refractivity (Wildman–Crippen MR) is 167 cm³/mol.